The number of para-hydroxylation sites is 1. The fourth-order valence-corrected chi connectivity index (χ4v) is 6.28. The van der Waals surface area contributed by atoms with Gasteiger partial charge in [-0.25, -0.2) is 9.78 Å². The first-order valence-electron chi connectivity index (χ1n) is 13.6. The number of alkyl halides is 3. The van der Waals surface area contributed by atoms with E-state index in [-0.39, 0.29) is 28.3 Å². The zero-order valence-electron chi connectivity index (χ0n) is 22.2. The minimum atomic E-state index is -4.81. The third-order valence-electron chi connectivity index (χ3n) is 8.60. The molecule has 0 amide bonds. The normalized spacial score (nSPS) is 18.4. The molecule has 1 N–H and O–H groups in total. The number of anilines is 1. The largest absolute Gasteiger partial charge is 0.573 e. The molecule has 212 valence electrons. The summed E-state index contributed by atoms with van der Waals surface area (Å²) in [7, 11) is 1.72. The van der Waals surface area contributed by atoms with Crippen LogP contribution < -0.4 is 9.64 Å². The number of nitrogens with zero attached hydrogens (tertiary/aromatic N) is 4. The van der Waals surface area contributed by atoms with Crippen LogP contribution >= 0.6 is 0 Å². The van der Waals surface area contributed by atoms with Crippen molar-refractivity contribution in [1.29, 1.82) is 0 Å². The monoisotopic (exact) mass is 564 g/mol. The van der Waals surface area contributed by atoms with Crippen LogP contribution in [0.15, 0.2) is 53.2 Å². The van der Waals surface area contributed by atoms with Crippen LogP contribution in [-0.2, 0) is 7.05 Å². The standard InChI is InChI=1S/C30H27F3N4O4/c1-36-21(28(38)39)12-18-13-24(34-16-22(18)36)37-10-8-29(9-11-37)14-19(15-29)25-26(35-41-27(25)17-6-7-17)20-4-2-3-5-23(20)40-30(31,32)33/h2-5,12-14,16-17H,6-11,15H2,1H3,(H,38,39). The van der Waals surface area contributed by atoms with E-state index >= 15 is 0 Å². The molecule has 3 aliphatic rings. The lowest BCUT2D eigenvalue weighted by Gasteiger charge is -2.46. The van der Waals surface area contributed by atoms with Gasteiger partial charge >= 0.3 is 12.3 Å². The second kappa shape index (κ2) is 9.12. The van der Waals surface area contributed by atoms with E-state index in [0.29, 0.717) is 5.69 Å². The molecule has 4 heterocycles. The molecule has 3 aromatic heterocycles. The Morgan fingerprint density at radius 2 is 1.90 bits per heavy atom. The van der Waals surface area contributed by atoms with Crippen molar-refractivity contribution >= 4 is 28.3 Å². The maximum Gasteiger partial charge on any atom is 0.573 e. The van der Waals surface area contributed by atoms with Gasteiger partial charge in [-0.2, -0.15) is 0 Å². The highest BCUT2D eigenvalue weighted by Gasteiger charge is 2.44. The van der Waals surface area contributed by atoms with Gasteiger partial charge in [0.15, 0.2) is 0 Å². The van der Waals surface area contributed by atoms with E-state index in [2.05, 4.69) is 25.9 Å². The Balaban J connectivity index is 1.14. The van der Waals surface area contributed by atoms with Crippen LogP contribution in [0, 0.1) is 5.41 Å². The molecule has 1 saturated heterocycles. The van der Waals surface area contributed by atoms with E-state index in [0.717, 1.165) is 78.8 Å². The van der Waals surface area contributed by atoms with Crippen LogP contribution in [0.25, 0.3) is 27.7 Å². The summed E-state index contributed by atoms with van der Waals surface area (Å²) in [6, 6.07) is 9.67. The zero-order valence-corrected chi connectivity index (χ0v) is 22.2. The molecular formula is C30H27F3N4O4. The van der Waals surface area contributed by atoms with Crippen LogP contribution in [0.5, 0.6) is 5.75 Å². The summed E-state index contributed by atoms with van der Waals surface area (Å²) in [5.41, 5.74) is 3.51. The molecule has 2 aliphatic carbocycles. The number of allylic oxidation sites excluding steroid dienone is 2. The van der Waals surface area contributed by atoms with Gasteiger partial charge in [-0.3, -0.25) is 0 Å². The van der Waals surface area contributed by atoms with Gasteiger partial charge in [-0.1, -0.05) is 23.4 Å². The van der Waals surface area contributed by atoms with Crippen molar-refractivity contribution < 1.29 is 32.3 Å². The van der Waals surface area contributed by atoms with Crippen molar-refractivity contribution in [3.05, 3.63) is 65.7 Å². The topological polar surface area (TPSA) is 93.6 Å². The average Bonchev–Trinajstić information content (AvgIpc) is 3.58. The van der Waals surface area contributed by atoms with Gasteiger partial charge in [0, 0.05) is 42.6 Å². The first-order valence-corrected chi connectivity index (χ1v) is 13.6. The number of hydrogen-bond acceptors (Lipinski definition) is 6. The van der Waals surface area contributed by atoms with Gasteiger partial charge in [0.2, 0.25) is 0 Å². The molecule has 1 saturated carbocycles. The predicted octanol–water partition coefficient (Wildman–Crippen LogP) is 6.78. The van der Waals surface area contributed by atoms with Crippen molar-refractivity contribution in [2.24, 2.45) is 12.5 Å². The van der Waals surface area contributed by atoms with Gasteiger partial charge in [-0.05, 0) is 67.4 Å². The summed E-state index contributed by atoms with van der Waals surface area (Å²) in [6.45, 7) is 1.57. The van der Waals surface area contributed by atoms with Gasteiger partial charge in [0.25, 0.3) is 0 Å². The number of pyridine rings is 1. The lowest BCUT2D eigenvalue weighted by Crippen LogP contribution is -2.42. The first kappa shape index (κ1) is 25.7. The number of carbonyl (C=O) groups is 1. The Hall–Kier alpha value is -4.28. The zero-order chi connectivity index (χ0) is 28.5. The number of fused-ring (bicyclic) bond motifs is 1. The third-order valence-corrected chi connectivity index (χ3v) is 8.60. The van der Waals surface area contributed by atoms with Crippen molar-refractivity contribution in [3.8, 4) is 17.0 Å². The van der Waals surface area contributed by atoms with Crippen LogP contribution in [0.4, 0.5) is 19.0 Å². The maximum atomic E-state index is 13.1. The number of rotatable bonds is 6. The van der Waals surface area contributed by atoms with Gasteiger partial charge < -0.3 is 23.8 Å². The van der Waals surface area contributed by atoms with Crippen molar-refractivity contribution in [3.63, 3.8) is 0 Å². The van der Waals surface area contributed by atoms with Crippen molar-refractivity contribution in [2.75, 3.05) is 18.0 Å². The maximum absolute atomic E-state index is 13.1. The lowest BCUT2D eigenvalue weighted by molar-refractivity contribution is -0.274. The molecule has 4 aromatic rings. The van der Waals surface area contributed by atoms with Gasteiger partial charge in [-0.15, -0.1) is 13.2 Å². The second-order valence-electron chi connectivity index (χ2n) is 11.3. The highest BCUT2D eigenvalue weighted by molar-refractivity contribution is 5.95. The van der Waals surface area contributed by atoms with Crippen LogP contribution in [0.1, 0.15) is 59.8 Å². The van der Waals surface area contributed by atoms with Gasteiger partial charge in [0.1, 0.15) is 28.7 Å². The summed E-state index contributed by atoms with van der Waals surface area (Å²) in [5.74, 6) is 0.536. The Bertz CT molecular complexity index is 1710. The number of ether oxygens (including phenoxy) is 1. The SMILES string of the molecule is Cn1c(C(=O)O)cc2cc(N3CCC4(C=C(c5c(-c6ccccc6OC(F)(F)F)noc5C5CC5)C4)CC3)ncc21. The summed E-state index contributed by atoms with van der Waals surface area (Å²) in [4.78, 5) is 18.3. The quantitative estimate of drug-likeness (QED) is 0.276. The molecular weight excluding hydrogens is 537 g/mol. The molecule has 0 atom stereocenters. The van der Waals surface area contributed by atoms with E-state index in [1.165, 1.54) is 12.1 Å². The number of carboxylic acids is 1. The Kier molecular flexibility index (Phi) is 5.71. The van der Waals surface area contributed by atoms with Crippen molar-refractivity contribution in [1.82, 2.24) is 14.7 Å². The van der Waals surface area contributed by atoms with Gasteiger partial charge in [0.05, 0.1) is 11.7 Å². The summed E-state index contributed by atoms with van der Waals surface area (Å²) in [5, 5.41) is 14.5. The third kappa shape index (κ3) is 4.53. The molecule has 7 rings (SSSR count). The molecule has 0 unspecified atom stereocenters. The minimum absolute atomic E-state index is 0.00347. The first-order chi connectivity index (χ1) is 19.6. The fourth-order valence-electron chi connectivity index (χ4n) is 6.28. The van der Waals surface area contributed by atoms with E-state index < -0.39 is 12.3 Å². The number of aromatic nitrogens is 3. The highest BCUT2D eigenvalue weighted by Crippen LogP contribution is 2.56. The smallest absolute Gasteiger partial charge is 0.477 e. The average molecular weight is 565 g/mol. The number of benzene rings is 1. The summed E-state index contributed by atoms with van der Waals surface area (Å²) >= 11 is 0. The number of piperidine rings is 1. The number of halogens is 3. The number of aromatic carboxylic acids is 1. The molecule has 2 fully saturated rings. The molecule has 0 bridgehead atoms. The highest BCUT2D eigenvalue weighted by atomic mass is 19.4. The fraction of sp³-hybridized carbons (Fsp3) is 0.367. The minimum Gasteiger partial charge on any atom is -0.477 e. The Morgan fingerprint density at radius 1 is 1.17 bits per heavy atom. The van der Waals surface area contributed by atoms with Crippen LogP contribution in [0.3, 0.4) is 0 Å². The molecule has 11 heteroatoms. The van der Waals surface area contributed by atoms with E-state index in [9.17, 15) is 23.1 Å². The molecule has 8 nitrogen and oxygen atoms in total. The van der Waals surface area contributed by atoms with Crippen LogP contribution in [-0.4, -0.2) is 45.2 Å². The Morgan fingerprint density at radius 3 is 2.59 bits per heavy atom. The van der Waals surface area contributed by atoms with E-state index in [1.807, 2.05) is 6.07 Å². The molecule has 41 heavy (non-hydrogen) atoms. The van der Waals surface area contributed by atoms with E-state index in [4.69, 9.17) is 4.52 Å². The van der Waals surface area contributed by atoms with Crippen molar-refractivity contribution in [2.45, 2.75) is 44.4 Å². The summed E-state index contributed by atoms with van der Waals surface area (Å²) in [6.07, 6.45) is 3.71. The number of hydrogen-bond donors (Lipinski definition) is 1. The number of carboxylic acid groups (broad SMARTS) is 1. The molecule has 1 aromatic carbocycles. The molecule has 0 radical (unpaired) electrons. The summed E-state index contributed by atoms with van der Waals surface area (Å²) < 4.78 is 51.1. The predicted molar refractivity (Wildman–Crippen MR) is 145 cm³/mol. The second-order valence-corrected chi connectivity index (χ2v) is 11.3. The number of aryl methyl sites for hydroxylation is 1. The lowest BCUT2D eigenvalue weighted by atomic mass is 9.63. The Labute approximate surface area is 233 Å². The molecule has 1 aliphatic heterocycles. The molecule has 1 spiro atoms. The van der Waals surface area contributed by atoms with Crippen LogP contribution in [0.2, 0.25) is 0 Å². The van der Waals surface area contributed by atoms with E-state index in [1.54, 1.807) is 36.0 Å².